The van der Waals surface area contributed by atoms with Crippen molar-refractivity contribution in [1.29, 1.82) is 0 Å². The van der Waals surface area contributed by atoms with E-state index < -0.39 is 0 Å². The van der Waals surface area contributed by atoms with Gasteiger partial charge in [-0.3, -0.25) is 4.79 Å². The lowest BCUT2D eigenvalue weighted by Gasteiger charge is -2.35. The molecule has 1 aliphatic heterocycles. The molecular formula is C10H15ClN2O. The smallest absolute Gasteiger partial charge is 0.144 e. The van der Waals surface area contributed by atoms with E-state index in [4.69, 9.17) is 11.6 Å². The van der Waals surface area contributed by atoms with Gasteiger partial charge in [-0.15, -0.1) is 11.6 Å². The van der Waals surface area contributed by atoms with Crippen LogP contribution in [-0.4, -0.2) is 23.4 Å². The fraction of sp³-hybridized carbons (Fsp3) is 0.800. The van der Waals surface area contributed by atoms with Crippen LogP contribution in [0.25, 0.3) is 0 Å². The summed E-state index contributed by atoms with van der Waals surface area (Å²) >= 11 is 5.74. The molecule has 0 aromatic rings. The number of carbonyl (C=O) groups excluding carboxylic acids is 1. The van der Waals surface area contributed by atoms with E-state index in [2.05, 4.69) is 24.4 Å². The molecule has 78 valence electrons. The molecule has 0 aromatic carbocycles. The third kappa shape index (κ3) is 1.54. The van der Waals surface area contributed by atoms with Gasteiger partial charge < -0.3 is 5.43 Å². The van der Waals surface area contributed by atoms with Crippen molar-refractivity contribution in [2.45, 2.75) is 32.7 Å². The summed E-state index contributed by atoms with van der Waals surface area (Å²) in [5.41, 5.74) is 3.94. The van der Waals surface area contributed by atoms with E-state index in [1.54, 1.807) is 0 Å². The number of hydrogen-bond acceptors (Lipinski definition) is 3. The Bertz CT molecular complexity index is 298. The molecule has 14 heavy (non-hydrogen) atoms. The van der Waals surface area contributed by atoms with Crippen LogP contribution in [0.15, 0.2) is 5.10 Å². The van der Waals surface area contributed by atoms with E-state index in [9.17, 15) is 4.79 Å². The molecule has 4 heteroatoms. The van der Waals surface area contributed by atoms with E-state index >= 15 is 0 Å². The second-order valence-electron chi connectivity index (χ2n) is 4.96. The maximum absolute atomic E-state index is 11.9. The number of rotatable bonds is 1. The molecule has 2 rings (SSSR count). The van der Waals surface area contributed by atoms with Crippen molar-refractivity contribution in [2.75, 3.05) is 5.88 Å². The summed E-state index contributed by atoms with van der Waals surface area (Å²) in [5, 5.41) is 4.13. The quantitative estimate of drug-likeness (QED) is 0.674. The van der Waals surface area contributed by atoms with Gasteiger partial charge in [0.1, 0.15) is 5.78 Å². The van der Waals surface area contributed by atoms with Gasteiger partial charge in [0.15, 0.2) is 0 Å². The third-order valence-electron chi connectivity index (χ3n) is 3.04. The van der Waals surface area contributed by atoms with Gasteiger partial charge in [-0.25, -0.2) is 0 Å². The van der Waals surface area contributed by atoms with Crippen molar-refractivity contribution in [3.05, 3.63) is 0 Å². The summed E-state index contributed by atoms with van der Waals surface area (Å²) in [6, 6.07) is 0.181. The van der Waals surface area contributed by atoms with Gasteiger partial charge in [0, 0.05) is 6.42 Å². The van der Waals surface area contributed by atoms with Crippen LogP contribution in [0.2, 0.25) is 0 Å². The van der Waals surface area contributed by atoms with Gasteiger partial charge in [0.25, 0.3) is 0 Å². The number of ketones is 1. The molecule has 0 unspecified atom stereocenters. The van der Waals surface area contributed by atoms with Crippen molar-refractivity contribution in [1.82, 2.24) is 5.43 Å². The Morgan fingerprint density at radius 3 is 3.00 bits per heavy atom. The average Bonchev–Trinajstić information content (AvgIpc) is 2.44. The first-order valence-corrected chi connectivity index (χ1v) is 5.47. The van der Waals surface area contributed by atoms with Crippen molar-refractivity contribution in [3.8, 4) is 0 Å². The van der Waals surface area contributed by atoms with Crippen molar-refractivity contribution < 1.29 is 4.79 Å². The van der Waals surface area contributed by atoms with Gasteiger partial charge in [-0.1, -0.05) is 13.8 Å². The summed E-state index contributed by atoms with van der Waals surface area (Å²) in [6.45, 7) is 4.25. The SMILES string of the molecule is CC1(C)CC(=O)[C@@H]2C(CCl)=NN[C@@H]2C1. The number of alkyl halides is 1. The molecule has 1 saturated carbocycles. The largest absolute Gasteiger partial charge is 0.306 e. The van der Waals surface area contributed by atoms with E-state index in [-0.39, 0.29) is 23.2 Å². The summed E-state index contributed by atoms with van der Waals surface area (Å²) in [4.78, 5) is 11.9. The number of nitrogens with zero attached hydrogens (tertiary/aromatic N) is 1. The number of Topliss-reactive ketones (excluding diaryl/α,β-unsaturated/α-hetero) is 1. The summed E-state index contributed by atoms with van der Waals surface area (Å²) < 4.78 is 0. The highest BCUT2D eigenvalue weighted by molar-refractivity contribution is 6.31. The Morgan fingerprint density at radius 1 is 1.64 bits per heavy atom. The zero-order chi connectivity index (χ0) is 10.3. The topological polar surface area (TPSA) is 41.5 Å². The highest BCUT2D eigenvalue weighted by Gasteiger charge is 2.45. The predicted molar refractivity (Wildman–Crippen MR) is 56.6 cm³/mol. The fourth-order valence-corrected chi connectivity index (χ4v) is 2.70. The molecule has 1 aliphatic carbocycles. The van der Waals surface area contributed by atoms with Crippen LogP contribution in [0.3, 0.4) is 0 Å². The van der Waals surface area contributed by atoms with Gasteiger partial charge in [-0.05, 0) is 11.8 Å². The lowest BCUT2D eigenvalue weighted by atomic mass is 9.69. The van der Waals surface area contributed by atoms with Crippen molar-refractivity contribution >= 4 is 23.1 Å². The molecule has 0 amide bonds. The van der Waals surface area contributed by atoms with Crippen LogP contribution < -0.4 is 5.43 Å². The van der Waals surface area contributed by atoms with E-state index in [0.717, 1.165) is 12.1 Å². The highest BCUT2D eigenvalue weighted by atomic mass is 35.5. The fourth-order valence-electron chi connectivity index (χ4n) is 2.48. The molecule has 0 aromatic heterocycles. The predicted octanol–water partition coefficient (Wildman–Crippen LogP) is 1.56. The van der Waals surface area contributed by atoms with E-state index in [1.165, 1.54) is 0 Å². The molecule has 0 bridgehead atoms. The first kappa shape index (κ1) is 9.97. The van der Waals surface area contributed by atoms with Gasteiger partial charge in [-0.2, -0.15) is 5.10 Å². The number of fused-ring (bicyclic) bond motifs is 1. The monoisotopic (exact) mass is 214 g/mol. The second kappa shape index (κ2) is 3.23. The Labute approximate surface area is 88.9 Å². The maximum Gasteiger partial charge on any atom is 0.144 e. The van der Waals surface area contributed by atoms with Crippen LogP contribution in [0, 0.1) is 11.3 Å². The van der Waals surface area contributed by atoms with Crippen LogP contribution in [-0.2, 0) is 4.79 Å². The Morgan fingerprint density at radius 2 is 2.36 bits per heavy atom. The van der Waals surface area contributed by atoms with Gasteiger partial charge in [0.2, 0.25) is 0 Å². The molecule has 3 nitrogen and oxygen atoms in total. The van der Waals surface area contributed by atoms with Crippen LogP contribution in [0.4, 0.5) is 0 Å². The second-order valence-corrected chi connectivity index (χ2v) is 5.23. The molecule has 0 spiro atoms. The van der Waals surface area contributed by atoms with Gasteiger partial charge >= 0.3 is 0 Å². The third-order valence-corrected chi connectivity index (χ3v) is 3.32. The summed E-state index contributed by atoms with van der Waals surface area (Å²) in [5.74, 6) is 0.594. The minimum atomic E-state index is -0.0551. The molecule has 0 saturated heterocycles. The number of carbonyl (C=O) groups is 1. The molecule has 1 fully saturated rings. The Kier molecular flexibility index (Phi) is 2.30. The molecule has 2 atom stereocenters. The van der Waals surface area contributed by atoms with E-state index in [0.29, 0.717) is 12.3 Å². The first-order valence-electron chi connectivity index (χ1n) is 4.94. The molecule has 1 N–H and O–H groups in total. The zero-order valence-electron chi connectivity index (χ0n) is 8.51. The van der Waals surface area contributed by atoms with Crippen LogP contribution in [0.1, 0.15) is 26.7 Å². The first-order chi connectivity index (χ1) is 6.53. The van der Waals surface area contributed by atoms with Gasteiger partial charge in [0.05, 0.1) is 23.6 Å². The highest BCUT2D eigenvalue weighted by Crippen LogP contribution is 2.38. The Balaban J connectivity index is 2.20. The zero-order valence-corrected chi connectivity index (χ0v) is 9.27. The molecule has 1 heterocycles. The number of nitrogens with one attached hydrogen (secondary N) is 1. The molecular weight excluding hydrogens is 200 g/mol. The van der Waals surface area contributed by atoms with Crippen molar-refractivity contribution in [3.63, 3.8) is 0 Å². The lowest BCUT2D eigenvalue weighted by Crippen LogP contribution is -2.45. The van der Waals surface area contributed by atoms with Crippen molar-refractivity contribution in [2.24, 2.45) is 16.4 Å². The van der Waals surface area contributed by atoms with Crippen LogP contribution in [0.5, 0.6) is 0 Å². The maximum atomic E-state index is 11.9. The van der Waals surface area contributed by atoms with Crippen LogP contribution >= 0.6 is 11.6 Å². The minimum Gasteiger partial charge on any atom is -0.306 e. The number of hydrazone groups is 1. The normalized spacial score (nSPS) is 34.8. The molecule has 0 radical (unpaired) electrons. The number of hydrogen-bond donors (Lipinski definition) is 1. The average molecular weight is 215 g/mol. The summed E-state index contributed by atoms with van der Waals surface area (Å²) in [7, 11) is 0. The summed E-state index contributed by atoms with van der Waals surface area (Å²) in [6.07, 6.45) is 1.64. The lowest BCUT2D eigenvalue weighted by molar-refractivity contribution is -0.126. The number of halogens is 1. The molecule has 2 aliphatic rings. The minimum absolute atomic E-state index is 0.0551. The standard InChI is InChI=1S/C10H15ClN2O/c1-10(2)3-6-9(8(14)4-10)7(5-11)13-12-6/h6,9,12H,3-5H2,1-2H3/t6-,9+/m1/s1. The Hall–Kier alpha value is -0.570. The van der Waals surface area contributed by atoms with E-state index in [1.807, 2.05) is 0 Å².